The lowest BCUT2D eigenvalue weighted by atomic mass is 10.4. The van der Waals surface area contributed by atoms with E-state index in [4.69, 9.17) is 9.47 Å². The summed E-state index contributed by atoms with van der Waals surface area (Å²) >= 11 is 0. The largest absolute Gasteiger partial charge is 0.473 e. The van der Waals surface area contributed by atoms with E-state index in [1.807, 2.05) is 0 Å². The molecule has 5 heteroatoms. The summed E-state index contributed by atoms with van der Waals surface area (Å²) in [6.07, 6.45) is 0. The van der Waals surface area contributed by atoms with Crippen LogP contribution < -0.4 is 0 Å². The van der Waals surface area contributed by atoms with Crippen LogP contribution in [0, 0.1) is 0 Å². The zero-order valence-corrected chi connectivity index (χ0v) is 8.78. The lowest BCUT2D eigenvalue weighted by molar-refractivity contribution is 0.190. The third-order valence-electron chi connectivity index (χ3n) is 2.64. The molecule has 4 nitrogen and oxygen atoms in total. The summed E-state index contributed by atoms with van der Waals surface area (Å²) < 4.78 is 15.8. The number of ether oxygens (including phenoxy) is 2. The maximum atomic E-state index is 5.60. The number of nitrogens with zero attached hydrogens (tertiary/aromatic N) is 2. The van der Waals surface area contributed by atoms with E-state index in [0.29, 0.717) is 21.0 Å². The zero-order chi connectivity index (χ0) is 9.00. The monoisotopic (exact) mass is 200 g/mol. The highest BCUT2D eigenvalue weighted by Gasteiger charge is 2.44. The van der Waals surface area contributed by atoms with Gasteiger partial charge in [0.15, 0.2) is 0 Å². The number of hydrogen-bond acceptors (Lipinski definition) is 4. The highest BCUT2D eigenvalue weighted by atomic mass is 31.1. The summed E-state index contributed by atoms with van der Waals surface area (Å²) in [6.45, 7) is 5.98. The molecule has 0 saturated carbocycles. The molecule has 0 aromatic rings. The molecule has 3 aliphatic rings. The van der Waals surface area contributed by atoms with Gasteiger partial charge in [-0.05, 0) is 13.8 Å². The van der Waals surface area contributed by atoms with Gasteiger partial charge in [0.1, 0.15) is 13.2 Å². The number of fused-ring (bicyclic) bond motifs is 2. The second kappa shape index (κ2) is 2.44. The van der Waals surface area contributed by atoms with E-state index in [1.165, 1.54) is 0 Å². The van der Waals surface area contributed by atoms with E-state index in [0.717, 1.165) is 25.0 Å². The van der Waals surface area contributed by atoms with E-state index in [9.17, 15) is 0 Å². The smallest absolute Gasteiger partial charge is 0.257 e. The van der Waals surface area contributed by atoms with Gasteiger partial charge in [-0.1, -0.05) is 0 Å². The van der Waals surface area contributed by atoms with Gasteiger partial charge in [0, 0.05) is 0 Å². The molecule has 2 fully saturated rings. The van der Waals surface area contributed by atoms with Crippen LogP contribution in [0.2, 0.25) is 0 Å². The maximum Gasteiger partial charge on any atom is 0.257 e. The van der Waals surface area contributed by atoms with Crippen LogP contribution in [0.1, 0.15) is 13.8 Å². The van der Waals surface area contributed by atoms with Gasteiger partial charge >= 0.3 is 0 Å². The van der Waals surface area contributed by atoms with Crippen LogP contribution in [-0.2, 0) is 9.47 Å². The van der Waals surface area contributed by atoms with Crippen molar-refractivity contribution in [1.82, 2.24) is 9.34 Å². The predicted molar refractivity (Wildman–Crippen MR) is 49.8 cm³/mol. The second-order valence-electron chi connectivity index (χ2n) is 3.77. The van der Waals surface area contributed by atoms with Gasteiger partial charge in [-0.25, -0.2) is 0 Å². The fourth-order valence-corrected chi connectivity index (χ4v) is 3.10. The topological polar surface area (TPSA) is 24.9 Å². The first-order valence-corrected chi connectivity index (χ1v) is 5.51. The maximum absolute atomic E-state index is 5.60. The summed E-state index contributed by atoms with van der Waals surface area (Å²) in [5.74, 6) is 1.94. The fourth-order valence-electron chi connectivity index (χ4n) is 1.82. The van der Waals surface area contributed by atoms with Gasteiger partial charge < -0.3 is 9.47 Å². The van der Waals surface area contributed by atoms with Crippen LogP contribution in [-0.4, -0.2) is 34.6 Å². The SMILES string of the molecule is C[C@H]1COC2=C3OC[C@H](C)N3PN21. The standard InChI is InChI=1S/C8H13N2O2P/c1-5-3-11-7-8-10(13-9(5)7)6(2)4-12-8/h5-6,13H,3-4H2,1-2H3/t5-,6-/m0/s1. The Morgan fingerprint density at radius 2 is 1.54 bits per heavy atom. The summed E-state index contributed by atoms with van der Waals surface area (Å²) in [7, 11) is 0.680. The Kier molecular flexibility index (Phi) is 1.46. The minimum atomic E-state index is 0.502. The molecule has 0 aromatic carbocycles. The van der Waals surface area contributed by atoms with Crippen LogP contribution in [0.4, 0.5) is 0 Å². The van der Waals surface area contributed by atoms with Gasteiger partial charge in [0.05, 0.1) is 21.0 Å². The molecule has 0 amide bonds. The molecule has 3 rings (SSSR count). The molecule has 0 N–H and O–H groups in total. The van der Waals surface area contributed by atoms with Gasteiger partial charge in [0.25, 0.3) is 11.8 Å². The Hall–Kier alpha value is -0.630. The quantitative estimate of drug-likeness (QED) is 0.546. The molecular formula is C8H13N2O2P. The third kappa shape index (κ3) is 0.896. The fraction of sp³-hybridized carbons (Fsp3) is 0.750. The second-order valence-corrected chi connectivity index (χ2v) is 4.93. The molecular weight excluding hydrogens is 187 g/mol. The van der Waals surface area contributed by atoms with Crippen LogP contribution in [0.5, 0.6) is 0 Å². The third-order valence-corrected chi connectivity index (χ3v) is 4.36. The van der Waals surface area contributed by atoms with Crippen LogP contribution in [0.25, 0.3) is 0 Å². The van der Waals surface area contributed by atoms with Gasteiger partial charge in [-0.15, -0.1) is 0 Å². The summed E-state index contributed by atoms with van der Waals surface area (Å²) in [5, 5.41) is 0. The average molecular weight is 200 g/mol. The molecule has 3 heterocycles. The minimum absolute atomic E-state index is 0.502. The van der Waals surface area contributed by atoms with Gasteiger partial charge in [-0.3, -0.25) is 9.34 Å². The van der Waals surface area contributed by atoms with E-state index in [-0.39, 0.29) is 0 Å². The summed E-state index contributed by atoms with van der Waals surface area (Å²) in [5.41, 5.74) is 0. The van der Waals surface area contributed by atoms with Crippen molar-refractivity contribution in [3.8, 4) is 0 Å². The number of rotatable bonds is 0. The van der Waals surface area contributed by atoms with Crippen molar-refractivity contribution in [2.75, 3.05) is 13.2 Å². The average Bonchev–Trinajstić information content (AvgIpc) is 2.70. The Morgan fingerprint density at radius 3 is 2.00 bits per heavy atom. The lowest BCUT2D eigenvalue weighted by Crippen LogP contribution is -2.22. The van der Waals surface area contributed by atoms with Crippen LogP contribution >= 0.6 is 8.88 Å². The predicted octanol–water partition coefficient (Wildman–Crippen LogP) is 1.08. The first-order chi connectivity index (χ1) is 6.27. The van der Waals surface area contributed by atoms with Crippen molar-refractivity contribution in [1.29, 1.82) is 0 Å². The van der Waals surface area contributed by atoms with Crippen LogP contribution in [0.15, 0.2) is 11.8 Å². The van der Waals surface area contributed by atoms with Crippen molar-refractivity contribution in [3.05, 3.63) is 11.8 Å². The molecule has 72 valence electrons. The van der Waals surface area contributed by atoms with E-state index < -0.39 is 0 Å². The van der Waals surface area contributed by atoms with Gasteiger partial charge in [0.2, 0.25) is 0 Å². The molecule has 0 spiro atoms. The van der Waals surface area contributed by atoms with Crippen molar-refractivity contribution >= 4 is 8.88 Å². The molecule has 0 unspecified atom stereocenters. The molecule has 3 aliphatic heterocycles. The molecule has 2 saturated heterocycles. The van der Waals surface area contributed by atoms with Crippen molar-refractivity contribution in [2.45, 2.75) is 25.9 Å². The minimum Gasteiger partial charge on any atom is -0.473 e. The molecule has 0 radical (unpaired) electrons. The summed E-state index contributed by atoms with van der Waals surface area (Å²) in [4.78, 5) is 0. The highest BCUT2D eigenvalue weighted by Crippen LogP contribution is 2.50. The first-order valence-electron chi connectivity index (χ1n) is 4.62. The molecule has 0 aromatic heterocycles. The molecule has 13 heavy (non-hydrogen) atoms. The lowest BCUT2D eigenvalue weighted by Gasteiger charge is -2.21. The highest BCUT2D eigenvalue weighted by molar-refractivity contribution is 7.33. The molecule has 0 bridgehead atoms. The van der Waals surface area contributed by atoms with E-state index in [2.05, 4.69) is 23.2 Å². The molecule has 0 aliphatic carbocycles. The zero-order valence-electron chi connectivity index (χ0n) is 7.78. The van der Waals surface area contributed by atoms with E-state index in [1.54, 1.807) is 0 Å². The van der Waals surface area contributed by atoms with Gasteiger partial charge in [-0.2, -0.15) is 0 Å². The van der Waals surface area contributed by atoms with Crippen molar-refractivity contribution in [3.63, 3.8) is 0 Å². The Bertz CT molecular complexity index is 255. The van der Waals surface area contributed by atoms with E-state index >= 15 is 0 Å². The van der Waals surface area contributed by atoms with Crippen molar-refractivity contribution in [2.24, 2.45) is 0 Å². The Morgan fingerprint density at radius 1 is 1.08 bits per heavy atom. The molecule has 2 atom stereocenters. The first kappa shape index (κ1) is 7.74. The number of hydrogen-bond donors (Lipinski definition) is 0. The Labute approximate surface area is 79.4 Å². The summed E-state index contributed by atoms with van der Waals surface area (Å²) in [6, 6.07) is 1.00. The van der Waals surface area contributed by atoms with Crippen LogP contribution in [0.3, 0.4) is 0 Å². The van der Waals surface area contributed by atoms with Crippen molar-refractivity contribution < 1.29 is 9.47 Å². The normalized spacial score (nSPS) is 36.2. The Balaban J connectivity index is 1.97.